The second-order valence-corrected chi connectivity index (χ2v) is 5.71. The molecule has 0 fully saturated rings. The molecular formula is C13H14ClF3N2OS. The smallest absolute Gasteiger partial charge is 0.393 e. The summed E-state index contributed by atoms with van der Waals surface area (Å²) in [4.78, 5) is 12.0. The maximum absolute atomic E-state index is 12.9. The van der Waals surface area contributed by atoms with Gasteiger partial charge in [0, 0.05) is 5.02 Å². The molecule has 3 N–H and O–H groups in total. The Balaban J connectivity index is 3.13. The molecule has 0 aliphatic carbocycles. The Morgan fingerprint density at radius 1 is 1.38 bits per heavy atom. The van der Waals surface area contributed by atoms with Crippen LogP contribution in [0.1, 0.15) is 19.4 Å². The molecule has 0 aromatic heterocycles. The number of thiocarbonyl (C=S) groups is 1. The molecule has 1 amide bonds. The molecule has 116 valence electrons. The van der Waals surface area contributed by atoms with Gasteiger partial charge in [0.25, 0.3) is 0 Å². The first-order chi connectivity index (χ1) is 9.54. The number of rotatable bonds is 4. The summed E-state index contributed by atoms with van der Waals surface area (Å²) in [6.07, 6.45) is -4.63. The first-order valence-corrected chi connectivity index (χ1v) is 6.79. The largest absolute Gasteiger partial charge is 0.418 e. The summed E-state index contributed by atoms with van der Waals surface area (Å²) in [5, 5.41) is 2.15. The highest BCUT2D eigenvalue weighted by molar-refractivity contribution is 7.80. The van der Waals surface area contributed by atoms with Crippen molar-refractivity contribution in [3.05, 3.63) is 28.8 Å². The Bertz CT molecular complexity index is 561. The fraction of sp³-hybridized carbons (Fsp3) is 0.385. The SMILES string of the molecule is CC(C)C(C(=O)Nc1ccc(Cl)cc1C(F)(F)F)C(N)=S. The van der Waals surface area contributed by atoms with Crippen molar-refractivity contribution in [3.63, 3.8) is 0 Å². The molecular weight excluding hydrogens is 325 g/mol. The van der Waals surface area contributed by atoms with Crippen LogP contribution in [0.25, 0.3) is 0 Å². The van der Waals surface area contributed by atoms with Gasteiger partial charge in [0.05, 0.1) is 22.2 Å². The van der Waals surface area contributed by atoms with Gasteiger partial charge in [0.15, 0.2) is 0 Å². The molecule has 1 atom stereocenters. The van der Waals surface area contributed by atoms with E-state index >= 15 is 0 Å². The first-order valence-electron chi connectivity index (χ1n) is 6.01. The lowest BCUT2D eigenvalue weighted by atomic mass is 9.94. The van der Waals surface area contributed by atoms with Crippen molar-refractivity contribution < 1.29 is 18.0 Å². The highest BCUT2D eigenvalue weighted by Gasteiger charge is 2.35. The molecule has 0 bridgehead atoms. The minimum Gasteiger partial charge on any atom is -0.393 e. The Hall–Kier alpha value is -1.34. The third kappa shape index (κ3) is 4.57. The van der Waals surface area contributed by atoms with Gasteiger partial charge in [-0.15, -0.1) is 0 Å². The van der Waals surface area contributed by atoms with Crippen LogP contribution >= 0.6 is 23.8 Å². The normalized spacial score (nSPS) is 13.1. The number of anilines is 1. The second-order valence-electron chi connectivity index (χ2n) is 4.80. The van der Waals surface area contributed by atoms with Gasteiger partial charge in [-0.2, -0.15) is 13.2 Å². The van der Waals surface area contributed by atoms with E-state index in [1.54, 1.807) is 13.8 Å². The number of benzene rings is 1. The Kier molecular flexibility index (Phi) is 5.58. The van der Waals surface area contributed by atoms with Crippen molar-refractivity contribution >= 4 is 40.4 Å². The lowest BCUT2D eigenvalue weighted by molar-refractivity contribution is -0.137. The molecule has 0 saturated carbocycles. The Labute approximate surface area is 130 Å². The maximum Gasteiger partial charge on any atom is 0.418 e. The zero-order valence-corrected chi connectivity index (χ0v) is 12.9. The fourth-order valence-corrected chi connectivity index (χ4v) is 2.38. The summed E-state index contributed by atoms with van der Waals surface area (Å²) in [5.41, 5.74) is 4.07. The van der Waals surface area contributed by atoms with Gasteiger partial charge in [0.2, 0.25) is 5.91 Å². The molecule has 1 aromatic carbocycles. The van der Waals surface area contributed by atoms with E-state index in [0.717, 1.165) is 12.1 Å². The lowest BCUT2D eigenvalue weighted by Crippen LogP contribution is -2.37. The number of carbonyl (C=O) groups is 1. The third-order valence-electron chi connectivity index (χ3n) is 2.80. The lowest BCUT2D eigenvalue weighted by Gasteiger charge is -2.20. The van der Waals surface area contributed by atoms with Crippen LogP contribution in [0.5, 0.6) is 0 Å². The topological polar surface area (TPSA) is 55.1 Å². The zero-order chi connectivity index (χ0) is 16.4. The highest BCUT2D eigenvalue weighted by Crippen LogP contribution is 2.36. The van der Waals surface area contributed by atoms with Crippen molar-refractivity contribution in [2.24, 2.45) is 17.6 Å². The summed E-state index contributed by atoms with van der Waals surface area (Å²) in [6.45, 7) is 3.41. The number of alkyl halides is 3. The van der Waals surface area contributed by atoms with E-state index in [-0.39, 0.29) is 21.6 Å². The third-order valence-corrected chi connectivity index (χ3v) is 3.29. The molecule has 1 rings (SSSR count). The molecule has 0 spiro atoms. The van der Waals surface area contributed by atoms with Gasteiger partial charge in [-0.25, -0.2) is 0 Å². The summed E-state index contributed by atoms with van der Waals surface area (Å²) in [6, 6.07) is 3.11. The molecule has 0 saturated heterocycles. The zero-order valence-electron chi connectivity index (χ0n) is 11.3. The van der Waals surface area contributed by atoms with Crippen molar-refractivity contribution in [3.8, 4) is 0 Å². The predicted octanol–water partition coefficient (Wildman–Crippen LogP) is 3.86. The first kappa shape index (κ1) is 17.7. The summed E-state index contributed by atoms with van der Waals surface area (Å²) in [5.74, 6) is -1.76. The van der Waals surface area contributed by atoms with Gasteiger partial charge in [0.1, 0.15) is 0 Å². The van der Waals surface area contributed by atoms with Crippen LogP contribution in [0.2, 0.25) is 5.02 Å². The molecule has 21 heavy (non-hydrogen) atoms. The standard InChI is InChI=1S/C13H14ClF3N2OS/c1-6(2)10(11(18)21)12(20)19-9-4-3-7(14)5-8(9)13(15,16)17/h3-6,10H,1-2H3,(H2,18,21)(H,19,20). The summed E-state index contributed by atoms with van der Waals surface area (Å²) < 4.78 is 38.8. The molecule has 8 heteroatoms. The van der Waals surface area contributed by atoms with Crippen LogP contribution < -0.4 is 11.1 Å². The average molecular weight is 339 g/mol. The minimum absolute atomic E-state index is 0.0648. The predicted molar refractivity (Wildman–Crippen MR) is 80.2 cm³/mol. The van der Waals surface area contributed by atoms with E-state index in [1.165, 1.54) is 6.07 Å². The van der Waals surface area contributed by atoms with Crippen molar-refractivity contribution in [2.45, 2.75) is 20.0 Å². The highest BCUT2D eigenvalue weighted by atomic mass is 35.5. The number of hydrogen-bond acceptors (Lipinski definition) is 2. The van der Waals surface area contributed by atoms with Crippen LogP contribution in [0.15, 0.2) is 18.2 Å². The summed E-state index contributed by atoms with van der Waals surface area (Å²) >= 11 is 10.4. The average Bonchev–Trinajstić information content (AvgIpc) is 2.28. The van der Waals surface area contributed by atoms with E-state index in [1.807, 2.05) is 0 Å². The minimum atomic E-state index is -4.63. The van der Waals surface area contributed by atoms with Gasteiger partial charge in [-0.1, -0.05) is 37.7 Å². The number of halogens is 4. The van der Waals surface area contributed by atoms with Crippen LogP contribution in [-0.4, -0.2) is 10.9 Å². The van der Waals surface area contributed by atoms with Crippen LogP contribution in [0, 0.1) is 11.8 Å². The molecule has 1 aromatic rings. The van der Waals surface area contributed by atoms with Gasteiger partial charge < -0.3 is 11.1 Å². The number of hydrogen-bond donors (Lipinski definition) is 2. The van der Waals surface area contributed by atoms with Crippen molar-refractivity contribution in [1.82, 2.24) is 0 Å². The Morgan fingerprint density at radius 2 is 1.95 bits per heavy atom. The van der Waals surface area contributed by atoms with Gasteiger partial charge in [-0.05, 0) is 24.1 Å². The van der Waals surface area contributed by atoms with Crippen LogP contribution in [-0.2, 0) is 11.0 Å². The van der Waals surface area contributed by atoms with E-state index in [2.05, 4.69) is 5.32 Å². The monoisotopic (exact) mass is 338 g/mol. The number of nitrogens with one attached hydrogen (secondary N) is 1. The van der Waals surface area contributed by atoms with Crippen molar-refractivity contribution in [1.29, 1.82) is 0 Å². The molecule has 0 aliphatic rings. The van der Waals surface area contributed by atoms with Crippen molar-refractivity contribution in [2.75, 3.05) is 5.32 Å². The quantitative estimate of drug-likeness (QED) is 0.820. The number of amides is 1. The molecule has 0 radical (unpaired) electrons. The second kappa shape index (κ2) is 6.62. The maximum atomic E-state index is 12.9. The molecule has 1 unspecified atom stereocenters. The van der Waals surface area contributed by atoms with Crippen LogP contribution in [0.3, 0.4) is 0 Å². The van der Waals surface area contributed by atoms with E-state index in [9.17, 15) is 18.0 Å². The molecule has 0 heterocycles. The van der Waals surface area contributed by atoms with Gasteiger partial charge in [-0.3, -0.25) is 4.79 Å². The van der Waals surface area contributed by atoms with E-state index in [4.69, 9.17) is 29.6 Å². The van der Waals surface area contributed by atoms with Crippen LogP contribution in [0.4, 0.5) is 18.9 Å². The van der Waals surface area contributed by atoms with E-state index in [0.29, 0.717) is 0 Å². The number of carbonyl (C=O) groups excluding carboxylic acids is 1. The van der Waals surface area contributed by atoms with E-state index < -0.39 is 23.6 Å². The molecule has 0 aliphatic heterocycles. The molecule has 3 nitrogen and oxygen atoms in total. The fourth-order valence-electron chi connectivity index (χ4n) is 1.83. The Morgan fingerprint density at radius 3 is 2.38 bits per heavy atom. The number of nitrogens with two attached hydrogens (primary N) is 1. The van der Waals surface area contributed by atoms with Gasteiger partial charge >= 0.3 is 6.18 Å². The summed E-state index contributed by atoms with van der Waals surface area (Å²) in [7, 11) is 0.